The molecule has 0 aliphatic heterocycles. The van der Waals surface area contributed by atoms with E-state index in [0.717, 1.165) is 9.47 Å². The van der Waals surface area contributed by atoms with Crippen molar-refractivity contribution >= 4 is 38.4 Å². The highest BCUT2D eigenvalue weighted by atomic mass is 79.9. The highest BCUT2D eigenvalue weighted by molar-refractivity contribution is 9.10. The normalized spacial score (nSPS) is 12.2. The van der Waals surface area contributed by atoms with Crippen LogP contribution in [0.2, 0.25) is 0 Å². The van der Waals surface area contributed by atoms with Crippen molar-refractivity contribution in [2.45, 2.75) is 26.3 Å². The molecule has 1 rings (SSSR count). The molecule has 0 aliphatic carbocycles. The van der Waals surface area contributed by atoms with E-state index in [1.165, 1.54) is 11.5 Å². The van der Waals surface area contributed by atoms with Gasteiger partial charge in [0, 0.05) is 0 Å². The lowest BCUT2D eigenvalue weighted by atomic mass is 10.0. The lowest BCUT2D eigenvalue weighted by molar-refractivity contribution is -0.119. The fourth-order valence-corrected chi connectivity index (χ4v) is 3.03. The van der Waals surface area contributed by atoms with Gasteiger partial charge in [-0.1, -0.05) is 13.8 Å². The molecule has 1 aromatic rings. The molecule has 0 aliphatic rings. The highest BCUT2D eigenvalue weighted by Gasteiger charge is 2.27. The number of amides is 1. The van der Waals surface area contributed by atoms with Crippen molar-refractivity contribution in [1.29, 1.82) is 5.26 Å². The predicted molar refractivity (Wildman–Crippen MR) is 75.2 cm³/mol. The minimum Gasteiger partial charge on any atom is -0.368 e. The number of carbonyl (C=O) groups is 1. The molecule has 1 atom stereocenters. The molecule has 0 saturated heterocycles. The quantitative estimate of drug-likeness (QED) is 0.810. The van der Waals surface area contributed by atoms with Crippen molar-refractivity contribution in [3.05, 3.63) is 10.7 Å². The Morgan fingerprint density at radius 3 is 2.78 bits per heavy atom. The summed E-state index contributed by atoms with van der Waals surface area (Å²) in [5.41, 5.74) is 5.45. The van der Waals surface area contributed by atoms with Crippen molar-refractivity contribution in [3.63, 3.8) is 0 Å². The SMILES string of the molecule is CC(C)C[C@@H](C(N)=O)N(CC#N)c1sncc1Br. The molecule has 0 aromatic carbocycles. The second-order valence-corrected chi connectivity index (χ2v) is 5.95. The molecule has 2 N–H and O–H groups in total. The second-order valence-electron chi connectivity index (χ2n) is 4.31. The number of nitrogens with two attached hydrogens (primary N) is 1. The minimum atomic E-state index is -0.485. The van der Waals surface area contributed by atoms with Crippen LogP contribution in [-0.4, -0.2) is 22.9 Å². The van der Waals surface area contributed by atoms with Gasteiger partial charge in [0.25, 0.3) is 0 Å². The van der Waals surface area contributed by atoms with Crippen molar-refractivity contribution < 1.29 is 4.79 Å². The first-order valence-electron chi connectivity index (χ1n) is 5.50. The Labute approximate surface area is 119 Å². The summed E-state index contributed by atoms with van der Waals surface area (Å²) < 4.78 is 4.81. The molecule has 0 saturated carbocycles. The molecule has 0 fully saturated rings. The summed E-state index contributed by atoms with van der Waals surface area (Å²) in [5.74, 6) is -0.102. The number of carbonyl (C=O) groups excluding carboxylic acids is 1. The standard InChI is InChI=1S/C11H15BrN4OS/c1-7(2)5-9(10(14)17)16(4-3-13)11-8(12)6-15-18-11/h6-7,9H,4-5H2,1-2H3,(H2,14,17)/t9-/m0/s1. The molecular weight excluding hydrogens is 316 g/mol. The van der Waals surface area contributed by atoms with E-state index >= 15 is 0 Å². The minimum absolute atomic E-state index is 0.112. The largest absolute Gasteiger partial charge is 0.368 e. The van der Waals surface area contributed by atoms with E-state index in [1.54, 1.807) is 11.1 Å². The molecule has 0 radical (unpaired) electrons. The Morgan fingerprint density at radius 1 is 1.72 bits per heavy atom. The van der Waals surface area contributed by atoms with Gasteiger partial charge in [0.05, 0.1) is 16.7 Å². The maximum Gasteiger partial charge on any atom is 0.240 e. The third kappa shape index (κ3) is 3.68. The van der Waals surface area contributed by atoms with Crippen LogP contribution in [-0.2, 0) is 4.79 Å². The van der Waals surface area contributed by atoms with Gasteiger partial charge in [-0.05, 0) is 39.8 Å². The third-order valence-corrected chi connectivity index (χ3v) is 4.09. The van der Waals surface area contributed by atoms with Gasteiger partial charge in [-0.15, -0.1) is 0 Å². The lowest BCUT2D eigenvalue weighted by Crippen LogP contribution is -2.45. The van der Waals surface area contributed by atoms with Crippen molar-refractivity contribution in [2.24, 2.45) is 11.7 Å². The number of primary amides is 1. The number of halogens is 1. The van der Waals surface area contributed by atoms with Gasteiger partial charge in [0.1, 0.15) is 17.6 Å². The van der Waals surface area contributed by atoms with Crippen molar-refractivity contribution in [2.75, 3.05) is 11.4 Å². The summed E-state index contributed by atoms with van der Waals surface area (Å²) in [5, 5.41) is 9.68. The van der Waals surface area contributed by atoms with Crippen LogP contribution >= 0.6 is 27.5 Å². The number of nitriles is 1. The molecule has 7 heteroatoms. The van der Waals surface area contributed by atoms with E-state index in [9.17, 15) is 4.79 Å². The molecule has 1 amide bonds. The zero-order chi connectivity index (χ0) is 13.7. The maximum atomic E-state index is 11.6. The van der Waals surface area contributed by atoms with E-state index in [2.05, 4.69) is 26.4 Å². The summed E-state index contributed by atoms with van der Waals surface area (Å²) in [6, 6.07) is 1.58. The molecule has 18 heavy (non-hydrogen) atoms. The number of hydrogen-bond acceptors (Lipinski definition) is 5. The van der Waals surface area contributed by atoms with Crippen molar-refractivity contribution in [1.82, 2.24) is 4.37 Å². The zero-order valence-electron chi connectivity index (χ0n) is 10.3. The van der Waals surface area contributed by atoms with Crippen LogP contribution in [0.5, 0.6) is 0 Å². The summed E-state index contributed by atoms with van der Waals surface area (Å²) in [6.07, 6.45) is 2.26. The molecule has 98 valence electrons. The maximum absolute atomic E-state index is 11.6. The summed E-state index contributed by atoms with van der Waals surface area (Å²) in [6.45, 7) is 4.14. The highest BCUT2D eigenvalue weighted by Crippen LogP contribution is 2.32. The molecule has 0 bridgehead atoms. The van der Waals surface area contributed by atoms with E-state index < -0.39 is 11.9 Å². The predicted octanol–water partition coefficient (Wildman–Crippen LogP) is 2.14. The fraction of sp³-hybridized carbons (Fsp3) is 0.545. The third-order valence-electron chi connectivity index (χ3n) is 2.41. The zero-order valence-corrected chi connectivity index (χ0v) is 12.7. The Balaban J connectivity index is 3.05. The van der Waals surface area contributed by atoms with Crippen LogP contribution in [0.3, 0.4) is 0 Å². The van der Waals surface area contributed by atoms with Crippen LogP contribution in [0.25, 0.3) is 0 Å². The van der Waals surface area contributed by atoms with Gasteiger partial charge >= 0.3 is 0 Å². The van der Waals surface area contributed by atoms with Gasteiger partial charge in [-0.2, -0.15) is 9.64 Å². The first kappa shape index (κ1) is 14.9. The van der Waals surface area contributed by atoms with Gasteiger partial charge in [0.2, 0.25) is 5.91 Å². The fourth-order valence-electron chi connectivity index (χ4n) is 1.65. The van der Waals surface area contributed by atoms with Gasteiger partial charge in [-0.25, -0.2) is 0 Å². The number of nitrogens with zero attached hydrogens (tertiary/aromatic N) is 3. The number of rotatable bonds is 6. The Kier molecular flexibility index (Phi) is 5.56. The van der Waals surface area contributed by atoms with Crippen molar-refractivity contribution in [3.8, 4) is 6.07 Å². The Morgan fingerprint density at radius 2 is 2.39 bits per heavy atom. The van der Waals surface area contributed by atoms with E-state index in [0.29, 0.717) is 12.3 Å². The summed E-state index contributed by atoms with van der Waals surface area (Å²) in [7, 11) is 0. The first-order valence-corrected chi connectivity index (χ1v) is 7.07. The average Bonchev–Trinajstić information content (AvgIpc) is 2.69. The smallest absolute Gasteiger partial charge is 0.240 e. The topological polar surface area (TPSA) is 83.0 Å². The molecule has 0 spiro atoms. The average molecular weight is 331 g/mol. The molecular formula is C11H15BrN4OS. The Hall–Kier alpha value is -1.13. The van der Waals surface area contributed by atoms with E-state index in [1.807, 2.05) is 13.8 Å². The van der Waals surface area contributed by atoms with E-state index in [-0.39, 0.29) is 6.54 Å². The van der Waals surface area contributed by atoms with Crippen LogP contribution in [0.1, 0.15) is 20.3 Å². The first-order chi connectivity index (χ1) is 8.47. The van der Waals surface area contributed by atoms with Crippen LogP contribution in [0, 0.1) is 17.2 Å². The molecule has 1 aromatic heterocycles. The molecule has 0 unspecified atom stereocenters. The number of aromatic nitrogens is 1. The monoisotopic (exact) mass is 330 g/mol. The number of hydrogen-bond donors (Lipinski definition) is 1. The summed E-state index contributed by atoms with van der Waals surface area (Å²) in [4.78, 5) is 13.3. The molecule has 5 nitrogen and oxygen atoms in total. The van der Waals surface area contributed by atoms with Crippen LogP contribution in [0.4, 0.5) is 5.00 Å². The lowest BCUT2D eigenvalue weighted by Gasteiger charge is -2.29. The number of anilines is 1. The van der Waals surface area contributed by atoms with E-state index in [4.69, 9.17) is 11.0 Å². The summed E-state index contributed by atoms with van der Waals surface area (Å²) >= 11 is 4.61. The van der Waals surface area contributed by atoms with Crippen LogP contribution in [0.15, 0.2) is 10.7 Å². The van der Waals surface area contributed by atoms with Gasteiger partial charge in [-0.3, -0.25) is 4.79 Å². The van der Waals surface area contributed by atoms with Crippen LogP contribution < -0.4 is 10.6 Å². The van der Waals surface area contributed by atoms with Gasteiger partial charge < -0.3 is 10.6 Å². The molecule has 1 heterocycles. The second kappa shape index (κ2) is 6.71. The Bertz CT molecular complexity index is 454. The van der Waals surface area contributed by atoms with Gasteiger partial charge in [0.15, 0.2) is 0 Å².